The van der Waals surface area contributed by atoms with Gasteiger partial charge >= 0.3 is 0 Å². The average Bonchev–Trinajstić information content (AvgIpc) is 2.84. The third-order valence-corrected chi connectivity index (χ3v) is 2.83. The van der Waals surface area contributed by atoms with Gasteiger partial charge in [-0.05, 0) is 37.6 Å². The number of rotatable bonds is 1. The Bertz CT molecular complexity index is 669. The Morgan fingerprint density at radius 1 is 1.11 bits per heavy atom. The molecular weight excluding hydrogens is 234 g/mol. The molecule has 3 aromatic rings. The van der Waals surface area contributed by atoms with Crippen LogP contribution in [0.1, 0.15) is 25.1 Å². The van der Waals surface area contributed by atoms with Crippen molar-refractivity contribution >= 4 is 11.0 Å². The van der Waals surface area contributed by atoms with Crippen LogP contribution >= 0.6 is 0 Å². The Labute approximate surface area is 113 Å². The van der Waals surface area contributed by atoms with E-state index in [-0.39, 0.29) is 0 Å². The Hall–Kier alpha value is -2.34. The van der Waals surface area contributed by atoms with Crippen molar-refractivity contribution in [2.24, 2.45) is 0 Å². The Balaban J connectivity index is 0.000000637. The van der Waals surface area contributed by atoms with Crippen LogP contribution in [0.5, 0.6) is 0 Å². The number of aromatic amines is 1. The van der Waals surface area contributed by atoms with Crippen molar-refractivity contribution in [1.29, 1.82) is 0 Å². The first-order valence-electron chi connectivity index (χ1n) is 6.46. The van der Waals surface area contributed by atoms with E-state index in [4.69, 9.17) is 0 Å². The van der Waals surface area contributed by atoms with Gasteiger partial charge in [0.25, 0.3) is 0 Å². The molecular formula is C16H17N3. The number of hydrogen-bond acceptors (Lipinski definition) is 2. The Kier molecular flexibility index (Phi) is 3.82. The molecule has 3 heteroatoms. The summed E-state index contributed by atoms with van der Waals surface area (Å²) in [7, 11) is 0. The summed E-state index contributed by atoms with van der Waals surface area (Å²) in [4.78, 5) is 12.2. The summed E-state index contributed by atoms with van der Waals surface area (Å²) in [5.41, 5.74) is 4.02. The highest BCUT2D eigenvalue weighted by Crippen LogP contribution is 2.22. The molecule has 0 aliphatic heterocycles. The minimum absolute atomic E-state index is 0.724. The lowest BCUT2D eigenvalue weighted by Crippen LogP contribution is -1.93. The number of H-pyrrole nitrogens is 1. The highest BCUT2D eigenvalue weighted by molar-refractivity contribution is 5.83. The molecule has 0 radical (unpaired) electrons. The molecule has 0 saturated heterocycles. The van der Waals surface area contributed by atoms with Crippen LogP contribution in [0.4, 0.5) is 0 Å². The van der Waals surface area contributed by atoms with Crippen molar-refractivity contribution in [1.82, 2.24) is 15.0 Å². The van der Waals surface area contributed by atoms with Gasteiger partial charge in [-0.15, -0.1) is 0 Å². The monoisotopic (exact) mass is 251 g/mol. The average molecular weight is 251 g/mol. The van der Waals surface area contributed by atoms with Gasteiger partial charge in [-0.3, -0.25) is 0 Å². The predicted octanol–water partition coefficient (Wildman–Crippen LogP) is 3.87. The summed E-state index contributed by atoms with van der Waals surface area (Å²) >= 11 is 0. The molecule has 1 N–H and O–H groups in total. The topological polar surface area (TPSA) is 41.6 Å². The normalized spacial score (nSPS) is 9.68. The smallest absolute Gasteiger partial charge is 0.162 e. The minimum Gasteiger partial charge on any atom is -0.346 e. The number of nitrogens with one attached hydrogen (secondary N) is 1. The van der Waals surface area contributed by atoms with Crippen molar-refractivity contribution in [2.75, 3.05) is 0 Å². The summed E-state index contributed by atoms with van der Waals surface area (Å²) in [5.74, 6) is 0.724. The molecule has 0 spiro atoms. The molecule has 0 unspecified atom stereocenters. The molecule has 0 aliphatic carbocycles. The number of aryl methyl sites for hydroxylation is 2. The van der Waals surface area contributed by atoms with Crippen LogP contribution in [0.3, 0.4) is 0 Å². The number of nitrogens with zero attached hydrogens (tertiary/aromatic N) is 2. The molecule has 1 aromatic carbocycles. The van der Waals surface area contributed by atoms with Crippen molar-refractivity contribution in [3.63, 3.8) is 0 Å². The standard InChI is InChI=1S/C14H11N3.C2H6/c1-9-8-15-14-12(9)10(2)16-13(17-14)11-6-4-3-5-7-11;1-2/h4,6-8H,1-2H3,(H,15,16,17);1-2H3. The zero-order valence-electron chi connectivity index (χ0n) is 11.7. The van der Waals surface area contributed by atoms with E-state index in [2.05, 4.69) is 34.0 Å². The van der Waals surface area contributed by atoms with E-state index in [9.17, 15) is 0 Å². The van der Waals surface area contributed by atoms with Crippen LogP contribution in [0.2, 0.25) is 0 Å². The van der Waals surface area contributed by atoms with Gasteiger partial charge in [0.2, 0.25) is 0 Å². The van der Waals surface area contributed by atoms with E-state index in [0.717, 1.165) is 28.1 Å². The van der Waals surface area contributed by atoms with Gasteiger partial charge in [0.15, 0.2) is 5.82 Å². The van der Waals surface area contributed by atoms with E-state index in [1.165, 1.54) is 5.56 Å². The maximum Gasteiger partial charge on any atom is 0.162 e. The SMILES string of the molecule is CC.Cc1c[nH]c2nc(-c3cc#ccc3)nc(C)c12. The molecule has 0 amide bonds. The summed E-state index contributed by atoms with van der Waals surface area (Å²) in [6, 6.07) is 11.4. The molecule has 3 nitrogen and oxygen atoms in total. The molecule has 96 valence electrons. The summed E-state index contributed by atoms with van der Waals surface area (Å²) < 4.78 is 0. The van der Waals surface area contributed by atoms with Gasteiger partial charge in [0, 0.05) is 17.1 Å². The van der Waals surface area contributed by atoms with E-state index < -0.39 is 0 Å². The molecule has 0 fully saturated rings. The fourth-order valence-electron chi connectivity index (χ4n) is 2.01. The fraction of sp³-hybridized carbons (Fsp3) is 0.250. The van der Waals surface area contributed by atoms with Crippen molar-refractivity contribution in [3.8, 4) is 11.4 Å². The van der Waals surface area contributed by atoms with Gasteiger partial charge in [-0.1, -0.05) is 26.0 Å². The largest absolute Gasteiger partial charge is 0.346 e. The van der Waals surface area contributed by atoms with E-state index in [0.29, 0.717) is 0 Å². The quantitative estimate of drug-likeness (QED) is 0.713. The first kappa shape index (κ1) is 13.1. The zero-order valence-corrected chi connectivity index (χ0v) is 11.7. The summed E-state index contributed by atoms with van der Waals surface area (Å²) in [6.45, 7) is 8.06. The zero-order chi connectivity index (χ0) is 13.8. The van der Waals surface area contributed by atoms with Crippen molar-refractivity contribution < 1.29 is 0 Å². The van der Waals surface area contributed by atoms with Gasteiger partial charge in [-0.25, -0.2) is 9.97 Å². The van der Waals surface area contributed by atoms with E-state index in [1.807, 2.05) is 45.2 Å². The highest BCUT2D eigenvalue weighted by atomic mass is 14.9. The molecule has 0 bridgehead atoms. The Morgan fingerprint density at radius 2 is 1.89 bits per heavy atom. The molecule has 19 heavy (non-hydrogen) atoms. The van der Waals surface area contributed by atoms with Gasteiger partial charge in [-0.2, -0.15) is 0 Å². The molecule has 2 aromatic heterocycles. The molecule has 0 aliphatic rings. The predicted molar refractivity (Wildman–Crippen MR) is 77.8 cm³/mol. The fourth-order valence-corrected chi connectivity index (χ4v) is 2.01. The van der Waals surface area contributed by atoms with Gasteiger partial charge < -0.3 is 4.98 Å². The summed E-state index contributed by atoms with van der Waals surface area (Å²) in [5, 5.41) is 1.11. The lowest BCUT2D eigenvalue weighted by atomic mass is 10.2. The molecule has 0 atom stereocenters. The number of hydrogen-bond donors (Lipinski definition) is 1. The number of aromatic nitrogens is 3. The molecule has 0 saturated carbocycles. The maximum atomic E-state index is 4.54. The third kappa shape index (κ3) is 2.43. The van der Waals surface area contributed by atoms with Crippen molar-refractivity contribution in [2.45, 2.75) is 27.7 Å². The lowest BCUT2D eigenvalue weighted by Gasteiger charge is -2.02. The van der Waals surface area contributed by atoms with Crippen LogP contribution in [-0.4, -0.2) is 15.0 Å². The first-order chi connectivity index (χ1) is 9.25. The van der Waals surface area contributed by atoms with E-state index >= 15 is 0 Å². The highest BCUT2D eigenvalue weighted by Gasteiger charge is 2.09. The van der Waals surface area contributed by atoms with Gasteiger partial charge in [0.05, 0.1) is 5.69 Å². The molecule has 2 heterocycles. The first-order valence-corrected chi connectivity index (χ1v) is 6.46. The van der Waals surface area contributed by atoms with Crippen LogP contribution in [0, 0.1) is 26.0 Å². The third-order valence-electron chi connectivity index (χ3n) is 2.83. The van der Waals surface area contributed by atoms with Crippen LogP contribution in [-0.2, 0) is 0 Å². The second kappa shape index (κ2) is 5.53. The second-order valence-electron chi connectivity index (χ2n) is 4.05. The summed E-state index contributed by atoms with van der Waals surface area (Å²) in [6.07, 6.45) is 1.96. The van der Waals surface area contributed by atoms with Crippen LogP contribution in [0.15, 0.2) is 24.4 Å². The van der Waals surface area contributed by atoms with Crippen LogP contribution < -0.4 is 0 Å². The molecule has 3 rings (SSSR count). The number of fused-ring (bicyclic) bond motifs is 1. The lowest BCUT2D eigenvalue weighted by molar-refractivity contribution is 1.15. The maximum absolute atomic E-state index is 4.54. The van der Waals surface area contributed by atoms with Crippen LogP contribution in [0.25, 0.3) is 22.4 Å². The Morgan fingerprint density at radius 3 is 2.58 bits per heavy atom. The minimum atomic E-state index is 0.724. The second-order valence-corrected chi connectivity index (χ2v) is 4.05. The van der Waals surface area contributed by atoms with E-state index in [1.54, 1.807) is 0 Å². The van der Waals surface area contributed by atoms with Crippen molar-refractivity contribution in [3.05, 3.63) is 47.8 Å². The van der Waals surface area contributed by atoms with Gasteiger partial charge in [0.1, 0.15) is 5.65 Å².